The summed E-state index contributed by atoms with van der Waals surface area (Å²) in [4.78, 5) is 18.0. The second kappa shape index (κ2) is 8.36. The summed E-state index contributed by atoms with van der Waals surface area (Å²) >= 11 is 0. The maximum atomic E-state index is 11.0. The van der Waals surface area contributed by atoms with Crippen LogP contribution >= 0.6 is 0 Å². The Hall–Kier alpha value is -4.33. The number of hydrogen-bond acceptors (Lipinski definition) is 6. The highest BCUT2D eigenvalue weighted by Crippen LogP contribution is 2.30. The van der Waals surface area contributed by atoms with Crippen LogP contribution in [-0.2, 0) is 6.61 Å². The van der Waals surface area contributed by atoms with Gasteiger partial charge in [0.2, 0.25) is 0 Å². The number of anilines is 1. The minimum atomic E-state index is -0.539. The minimum absolute atomic E-state index is 0.0917. The zero-order valence-corrected chi connectivity index (χ0v) is 15.8. The van der Waals surface area contributed by atoms with E-state index >= 15 is 0 Å². The Bertz CT molecular complexity index is 1160. The normalized spacial score (nSPS) is 10.5. The predicted molar refractivity (Wildman–Crippen MR) is 112 cm³/mol. The zero-order valence-electron chi connectivity index (χ0n) is 15.8. The monoisotopic (exact) mass is 402 g/mol. The van der Waals surface area contributed by atoms with Crippen LogP contribution in [0.4, 0.5) is 11.4 Å². The molecule has 0 aliphatic rings. The lowest BCUT2D eigenvalue weighted by Gasteiger charge is -2.07. The lowest BCUT2D eigenvalue weighted by atomic mass is 10.1. The average Bonchev–Trinajstić information content (AvgIpc) is 3.24. The largest absolute Gasteiger partial charge is 0.486 e. The Morgan fingerprint density at radius 2 is 1.70 bits per heavy atom. The molecule has 0 radical (unpaired) electrons. The summed E-state index contributed by atoms with van der Waals surface area (Å²) in [6, 6.07) is 21.2. The molecule has 1 aromatic heterocycles. The molecule has 0 atom stereocenters. The highest BCUT2D eigenvalue weighted by Gasteiger charge is 2.13. The van der Waals surface area contributed by atoms with Gasteiger partial charge in [0, 0.05) is 0 Å². The molecule has 8 nitrogen and oxygen atoms in total. The van der Waals surface area contributed by atoms with Crippen LogP contribution in [0.2, 0.25) is 0 Å². The molecule has 0 spiro atoms. The summed E-state index contributed by atoms with van der Waals surface area (Å²) in [6.45, 7) is 0.334. The fourth-order valence-electron chi connectivity index (χ4n) is 2.83. The number of aromatic nitrogens is 2. The Morgan fingerprint density at radius 3 is 2.43 bits per heavy atom. The first-order chi connectivity index (χ1) is 14.6. The number of para-hydroxylation sites is 1. The lowest BCUT2D eigenvalue weighted by molar-refractivity contribution is -0.384. The van der Waals surface area contributed by atoms with E-state index in [1.165, 1.54) is 12.1 Å². The number of aromatic amines is 1. The number of nitrogens with one attached hydrogen (secondary N) is 1. The Kier molecular flexibility index (Phi) is 5.29. The van der Waals surface area contributed by atoms with Gasteiger partial charge in [0.05, 0.1) is 22.9 Å². The number of nitrogen functional groups attached to an aromatic ring is 1. The number of rotatable bonds is 7. The molecule has 0 aliphatic carbocycles. The quantitative estimate of drug-likeness (QED) is 0.257. The van der Waals surface area contributed by atoms with E-state index in [2.05, 4.69) is 9.97 Å². The van der Waals surface area contributed by atoms with Crippen LogP contribution in [0, 0.1) is 10.1 Å². The van der Waals surface area contributed by atoms with Crippen LogP contribution in [0.1, 0.15) is 5.82 Å². The SMILES string of the molecule is Nc1ccc(Oc2ccc(-c3cnc(COc4ccccc4)[nH]3)cc2)cc1[N+](=O)[O-]. The van der Waals surface area contributed by atoms with Crippen LogP contribution in [0.25, 0.3) is 11.3 Å². The van der Waals surface area contributed by atoms with Crippen LogP contribution in [0.15, 0.2) is 79.0 Å². The van der Waals surface area contributed by atoms with Gasteiger partial charge >= 0.3 is 0 Å². The van der Waals surface area contributed by atoms with Crippen molar-refractivity contribution in [3.05, 3.63) is 94.9 Å². The molecule has 0 unspecified atom stereocenters. The summed E-state index contributed by atoms with van der Waals surface area (Å²) in [5.74, 6) is 2.37. The van der Waals surface area contributed by atoms with E-state index < -0.39 is 4.92 Å². The van der Waals surface area contributed by atoms with E-state index in [1.807, 2.05) is 42.5 Å². The van der Waals surface area contributed by atoms with E-state index in [0.29, 0.717) is 23.9 Å². The summed E-state index contributed by atoms with van der Waals surface area (Å²) in [7, 11) is 0. The molecule has 0 saturated carbocycles. The fraction of sp³-hybridized carbons (Fsp3) is 0.0455. The number of nitro groups is 1. The van der Waals surface area contributed by atoms with Crippen LogP contribution in [0.3, 0.4) is 0 Å². The van der Waals surface area contributed by atoms with Gasteiger partial charge in [0.25, 0.3) is 5.69 Å². The van der Waals surface area contributed by atoms with Crippen LogP contribution in [0.5, 0.6) is 17.2 Å². The number of hydrogen-bond donors (Lipinski definition) is 2. The van der Waals surface area contributed by atoms with Crippen molar-refractivity contribution in [3.63, 3.8) is 0 Å². The molecule has 3 N–H and O–H groups in total. The third-order valence-corrected chi connectivity index (χ3v) is 4.35. The van der Waals surface area contributed by atoms with Crippen molar-refractivity contribution in [1.29, 1.82) is 0 Å². The number of H-pyrrole nitrogens is 1. The molecule has 150 valence electrons. The van der Waals surface area contributed by atoms with E-state index in [0.717, 1.165) is 17.0 Å². The predicted octanol–water partition coefficient (Wildman–Crippen LogP) is 4.94. The van der Waals surface area contributed by atoms with Crippen molar-refractivity contribution < 1.29 is 14.4 Å². The highest BCUT2D eigenvalue weighted by molar-refractivity contribution is 5.62. The number of ether oxygens (including phenoxy) is 2. The smallest absolute Gasteiger partial charge is 0.295 e. The van der Waals surface area contributed by atoms with Gasteiger partial charge < -0.3 is 20.2 Å². The van der Waals surface area contributed by atoms with Crippen molar-refractivity contribution in [2.45, 2.75) is 6.61 Å². The first kappa shape index (κ1) is 19.0. The van der Waals surface area contributed by atoms with Crippen molar-refractivity contribution in [3.8, 4) is 28.5 Å². The first-order valence-corrected chi connectivity index (χ1v) is 9.12. The van der Waals surface area contributed by atoms with E-state index in [9.17, 15) is 10.1 Å². The zero-order chi connectivity index (χ0) is 20.9. The van der Waals surface area contributed by atoms with Gasteiger partial charge in [-0.3, -0.25) is 10.1 Å². The third kappa shape index (κ3) is 4.39. The molecule has 3 aromatic carbocycles. The number of nitro benzene ring substituents is 1. The Balaban J connectivity index is 1.42. The molecule has 0 bridgehead atoms. The van der Waals surface area contributed by atoms with Gasteiger partial charge in [-0.1, -0.05) is 18.2 Å². The average molecular weight is 402 g/mol. The Labute approximate surface area is 172 Å². The molecular formula is C22H18N4O4. The van der Waals surface area contributed by atoms with Crippen LogP contribution in [-0.4, -0.2) is 14.9 Å². The molecule has 1 heterocycles. The first-order valence-electron chi connectivity index (χ1n) is 9.12. The van der Waals surface area contributed by atoms with Gasteiger partial charge in [0.15, 0.2) is 0 Å². The fourth-order valence-corrected chi connectivity index (χ4v) is 2.83. The molecule has 8 heteroatoms. The van der Waals surface area contributed by atoms with E-state index in [1.54, 1.807) is 24.4 Å². The molecule has 0 fully saturated rings. The standard InChI is InChI=1S/C22H18N4O4/c23-19-11-10-18(12-21(19)26(27)28)30-17-8-6-15(7-9-17)20-13-24-22(25-20)14-29-16-4-2-1-3-5-16/h1-13H,14,23H2,(H,24,25). The van der Waals surface area contributed by atoms with Crippen molar-refractivity contribution in [2.75, 3.05) is 5.73 Å². The van der Waals surface area contributed by atoms with E-state index in [4.69, 9.17) is 15.2 Å². The molecule has 0 aliphatic heterocycles. The summed E-state index contributed by atoms with van der Waals surface area (Å²) < 4.78 is 11.4. The van der Waals surface area contributed by atoms with Gasteiger partial charge in [-0.05, 0) is 54.1 Å². The van der Waals surface area contributed by atoms with Gasteiger partial charge in [-0.15, -0.1) is 0 Å². The number of nitrogens with zero attached hydrogens (tertiary/aromatic N) is 2. The molecule has 4 aromatic rings. The third-order valence-electron chi connectivity index (χ3n) is 4.35. The van der Waals surface area contributed by atoms with Crippen molar-refractivity contribution in [2.24, 2.45) is 0 Å². The number of nitrogens with two attached hydrogens (primary N) is 1. The van der Waals surface area contributed by atoms with E-state index in [-0.39, 0.29) is 11.4 Å². The Morgan fingerprint density at radius 1 is 0.967 bits per heavy atom. The van der Waals surface area contributed by atoms with Crippen molar-refractivity contribution in [1.82, 2.24) is 9.97 Å². The molecule has 30 heavy (non-hydrogen) atoms. The topological polar surface area (TPSA) is 116 Å². The highest BCUT2D eigenvalue weighted by atomic mass is 16.6. The molecule has 4 rings (SSSR count). The van der Waals surface area contributed by atoms with Gasteiger partial charge in [-0.25, -0.2) is 4.98 Å². The summed E-state index contributed by atoms with van der Waals surface area (Å²) in [5.41, 5.74) is 7.28. The molecular weight excluding hydrogens is 384 g/mol. The molecule has 0 amide bonds. The van der Waals surface area contributed by atoms with Gasteiger partial charge in [0.1, 0.15) is 35.4 Å². The minimum Gasteiger partial charge on any atom is -0.486 e. The van der Waals surface area contributed by atoms with Crippen LogP contribution < -0.4 is 15.2 Å². The van der Waals surface area contributed by atoms with Gasteiger partial charge in [-0.2, -0.15) is 0 Å². The summed E-state index contributed by atoms with van der Waals surface area (Å²) in [6.07, 6.45) is 1.74. The number of benzene rings is 3. The second-order valence-corrected chi connectivity index (χ2v) is 6.45. The molecule has 0 saturated heterocycles. The number of imidazole rings is 1. The lowest BCUT2D eigenvalue weighted by Crippen LogP contribution is -1.97. The summed E-state index contributed by atoms with van der Waals surface area (Å²) in [5, 5.41) is 11.0. The van der Waals surface area contributed by atoms with Crippen molar-refractivity contribution >= 4 is 11.4 Å². The second-order valence-electron chi connectivity index (χ2n) is 6.45. The maximum Gasteiger partial charge on any atom is 0.295 e. The maximum absolute atomic E-state index is 11.0.